The quantitative estimate of drug-likeness (QED) is 0.646. The maximum absolute atomic E-state index is 12.0. The van der Waals surface area contributed by atoms with Crippen molar-refractivity contribution < 1.29 is 14.3 Å². The minimum absolute atomic E-state index is 0.0793. The Kier molecular flexibility index (Phi) is 3.59. The summed E-state index contributed by atoms with van der Waals surface area (Å²) in [6.45, 7) is 4.71. The third-order valence-electron chi connectivity index (χ3n) is 8.95. The summed E-state index contributed by atoms with van der Waals surface area (Å²) in [4.78, 5) is 23.9. The van der Waals surface area contributed by atoms with E-state index in [1.807, 2.05) is 6.08 Å². The maximum Gasteiger partial charge on any atom is 0.331 e. The van der Waals surface area contributed by atoms with Crippen LogP contribution in [0.2, 0.25) is 0 Å². The number of carbonyl (C=O) groups excluding carboxylic acids is 2. The van der Waals surface area contributed by atoms with Crippen LogP contribution in [-0.4, -0.2) is 17.4 Å². The lowest BCUT2D eigenvalue weighted by Gasteiger charge is -2.57. The number of hydrogen-bond acceptors (Lipinski definition) is 3. The highest BCUT2D eigenvalue weighted by molar-refractivity contribution is 5.91. The van der Waals surface area contributed by atoms with Gasteiger partial charge in [-0.15, -0.1) is 0 Å². The highest BCUT2D eigenvalue weighted by Crippen LogP contribution is 2.67. The summed E-state index contributed by atoms with van der Waals surface area (Å²) in [5, 5.41) is 0. The molecule has 5 unspecified atom stereocenters. The Morgan fingerprint density at radius 2 is 2.04 bits per heavy atom. The van der Waals surface area contributed by atoms with Crippen LogP contribution in [0, 0.1) is 35.0 Å². The molecule has 0 saturated heterocycles. The van der Waals surface area contributed by atoms with E-state index in [0.29, 0.717) is 23.5 Å². The molecule has 0 radical (unpaired) electrons. The predicted octanol–water partition coefficient (Wildman–Crippen LogP) is 4.62. The SMILES string of the molecule is CCC1CC2=CC(=O)CCC2C2CC[C@@]3(C)C(CC[C@@]34C=CC(=O)O4)C12. The first-order valence-corrected chi connectivity index (χ1v) is 10.6. The Morgan fingerprint density at radius 1 is 1.19 bits per heavy atom. The number of allylic oxidation sites excluding steroid dienone is 1. The predicted molar refractivity (Wildman–Crippen MR) is 99.2 cm³/mol. The van der Waals surface area contributed by atoms with E-state index < -0.39 is 0 Å². The van der Waals surface area contributed by atoms with Crippen LogP contribution in [0.4, 0.5) is 0 Å². The molecule has 4 aliphatic carbocycles. The van der Waals surface area contributed by atoms with Gasteiger partial charge in [0.15, 0.2) is 5.78 Å². The van der Waals surface area contributed by atoms with E-state index in [-0.39, 0.29) is 17.0 Å². The van der Waals surface area contributed by atoms with Crippen molar-refractivity contribution >= 4 is 11.8 Å². The summed E-state index contributed by atoms with van der Waals surface area (Å²) in [5.41, 5.74) is 1.19. The van der Waals surface area contributed by atoms with E-state index in [4.69, 9.17) is 4.74 Å². The van der Waals surface area contributed by atoms with Crippen molar-refractivity contribution in [3.8, 4) is 0 Å². The lowest BCUT2D eigenvalue weighted by molar-refractivity contribution is -0.163. The van der Waals surface area contributed by atoms with E-state index in [2.05, 4.69) is 19.9 Å². The minimum atomic E-state index is -0.351. The van der Waals surface area contributed by atoms with Gasteiger partial charge in [0.05, 0.1) is 0 Å². The zero-order valence-electron chi connectivity index (χ0n) is 16.0. The van der Waals surface area contributed by atoms with Crippen LogP contribution in [0.15, 0.2) is 23.8 Å². The van der Waals surface area contributed by atoms with Gasteiger partial charge in [0.2, 0.25) is 0 Å². The fourth-order valence-corrected chi connectivity index (χ4v) is 7.72. The van der Waals surface area contributed by atoms with Gasteiger partial charge in [0, 0.05) is 17.9 Å². The van der Waals surface area contributed by atoms with Crippen LogP contribution in [0.1, 0.15) is 65.2 Å². The molecule has 1 heterocycles. The molecule has 3 saturated carbocycles. The highest BCUT2D eigenvalue weighted by atomic mass is 16.6. The fraction of sp³-hybridized carbons (Fsp3) is 0.739. The minimum Gasteiger partial charge on any atom is -0.451 e. The van der Waals surface area contributed by atoms with Crippen LogP contribution in [0.3, 0.4) is 0 Å². The second-order valence-corrected chi connectivity index (χ2v) is 9.69. The Labute approximate surface area is 156 Å². The van der Waals surface area contributed by atoms with Crippen molar-refractivity contribution in [2.24, 2.45) is 35.0 Å². The molecule has 0 aromatic carbocycles. The largest absolute Gasteiger partial charge is 0.451 e. The smallest absolute Gasteiger partial charge is 0.331 e. The number of ether oxygens (including phenoxy) is 1. The van der Waals surface area contributed by atoms with Gasteiger partial charge in [-0.25, -0.2) is 4.79 Å². The van der Waals surface area contributed by atoms with Crippen molar-refractivity contribution in [2.45, 2.75) is 70.8 Å². The molecule has 7 atom stereocenters. The van der Waals surface area contributed by atoms with Gasteiger partial charge in [0.25, 0.3) is 0 Å². The van der Waals surface area contributed by atoms with Gasteiger partial charge in [-0.05, 0) is 80.3 Å². The molecule has 0 N–H and O–H groups in total. The Bertz CT molecular complexity index is 719. The van der Waals surface area contributed by atoms with Crippen molar-refractivity contribution in [3.05, 3.63) is 23.8 Å². The van der Waals surface area contributed by atoms with Crippen LogP contribution < -0.4 is 0 Å². The standard InChI is InChI=1S/C23H30O3/c1-3-14-12-15-13-16(24)4-5-17(15)18-6-9-22(2)19(21(14)18)7-10-23(22)11-8-20(25)26-23/h8,11,13-14,17-19,21H,3-7,9-10,12H2,1-2H3/t14?,17?,18?,19?,21?,22-,23+/m0/s1. The molecule has 0 bridgehead atoms. The van der Waals surface area contributed by atoms with Crippen molar-refractivity contribution in [2.75, 3.05) is 0 Å². The zero-order valence-corrected chi connectivity index (χ0v) is 16.0. The highest BCUT2D eigenvalue weighted by Gasteiger charge is 2.65. The normalized spacial score (nSPS) is 49.5. The van der Waals surface area contributed by atoms with Crippen LogP contribution in [0.25, 0.3) is 0 Å². The molecule has 140 valence electrons. The average molecular weight is 354 g/mol. The molecule has 0 aromatic rings. The third kappa shape index (κ3) is 2.06. The first-order chi connectivity index (χ1) is 12.5. The molecular formula is C23H30O3. The summed E-state index contributed by atoms with van der Waals surface area (Å²) < 4.78 is 5.95. The molecular weight excluding hydrogens is 324 g/mol. The topological polar surface area (TPSA) is 43.4 Å². The number of ketones is 1. The summed E-state index contributed by atoms with van der Waals surface area (Å²) >= 11 is 0. The van der Waals surface area contributed by atoms with Crippen molar-refractivity contribution in [1.82, 2.24) is 0 Å². The van der Waals surface area contributed by atoms with Crippen LogP contribution in [0.5, 0.6) is 0 Å². The van der Waals surface area contributed by atoms with Crippen LogP contribution in [-0.2, 0) is 14.3 Å². The molecule has 26 heavy (non-hydrogen) atoms. The monoisotopic (exact) mass is 354 g/mol. The van der Waals surface area contributed by atoms with E-state index in [1.54, 1.807) is 6.08 Å². The lowest BCUT2D eigenvalue weighted by atomic mass is 9.48. The van der Waals surface area contributed by atoms with E-state index in [1.165, 1.54) is 24.8 Å². The Balaban J connectivity index is 1.52. The number of carbonyl (C=O) groups is 2. The second-order valence-electron chi connectivity index (χ2n) is 9.69. The van der Waals surface area contributed by atoms with Gasteiger partial charge in [-0.3, -0.25) is 4.79 Å². The first-order valence-electron chi connectivity index (χ1n) is 10.6. The summed E-state index contributed by atoms with van der Waals surface area (Å²) in [6, 6.07) is 0. The van der Waals surface area contributed by atoms with E-state index >= 15 is 0 Å². The van der Waals surface area contributed by atoms with E-state index in [9.17, 15) is 9.59 Å². The van der Waals surface area contributed by atoms with Gasteiger partial charge in [0.1, 0.15) is 5.60 Å². The molecule has 3 fully saturated rings. The second kappa shape index (κ2) is 5.56. The molecule has 5 rings (SSSR count). The first kappa shape index (κ1) is 16.8. The van der Waals surface area contributed by atoms with Crippen LogP contribution >= 0.6 is 0 Å². The molecule has 0 amide bonds. The van der Waals surface area contributed by atoms with Gasteiger partial charge < -0.3 is 4.74 Å². The number of hydrogen-bond donors (Lipinski definition) is 0. The lowest BCUT2D eigenvalue weighted by Crippen LogP contribution is -2.54. The molecule has 1 aliphatic heterocycles. The number of fused-ring (bicyclic) bond motifs is 6. The van der Waals surface area contributed by atoms with Gasteiger partial charge >= 0.3 is 5.97 Å². The Morgan fingerprint density at radius 3 is 2.77 bits per heavy atom. The van der Waals surface area contributed by atoms with E-state index in [0.717, 1.165) is 43.9 Å². The summed E-state index contributed by atoms with van der Waals surface area (Å²) in [5.74, 6) is 3.58. The maximum atomic E-state index is 12.0. The van der Waals surface area contributed by atoms with Gasteiger partial charge in [-0.1, -0.05) is 25.8 Å². The summed E-state index contributed by atoms with van der Waals surface area (Å²) in [7, 11) is 0. The third-order valence-corrected chi connectivity index (χ3v) is 8.95. The van der Waals surface area contributed by atoms with Crippen molar-refractivity contribution in [1.29, 1.82) is 0 Å². The van der Waals surface area contributed by atoms with Gasteiger partial charge in [-0.2, -0.15) is 0 Å². The molecule has 1 spiro atoms. The zero-order chi connectivity index (χ0) is 18.1. The Hall–Kier alpha value is -1.38. The fourth-order valence-electron chi connectivity index (χ4n) is 7.72. The average Bonchev–Trinajstić information content (AvgIpc) is 3.14. The number of rotatable bonds is 1. The van der Waals surface area contributed by atoms with Crippen molar-refractivity contribution in [3.63, 3.8) is 0 Å². The molecule has 3 heteroatoms. The molecule has 0 aromatic heterocycles. The molecule has 5 aliphatic rings. The number of esters is 1. The molecule has 3 nitrogen and oxygen atoms in total. The summed E-state index contributed by atoms with van der Waals surface area (Å²) in [6.07, 6.45) is 14.4.